The molecule has 0 saturated heterocycles. The maximum atomic E-state index is 11.2. The zero-order chi connectivity index (χ0) is 14.5. The highest BCUT2D eigenvalue weighted by molar-refractivity contribution is 7.89. The summed E-state index contributed by atoms with van der Waals surface area (Å²) in [5, 5.41) is 8.49. The van der Waals surface area contributed by atoms with E-state index in [1.54, 1.807) is 19.2 Å². The lowest BCUT2D eigenvalue weighted by Crippen LogP contribution is -2.29. The van der Waals surface area contributed by atoms with Gasteiger partial charge in [-0.25, -0.2) is 13.6 Å². The van der Waals surface area contributed by atoms with E-state index in [9.17, 15) is 8.42 Å². The van der Waals surface area contributed by atoms with Crippen molar-refractivity contribution in [3.8, 4) is 0 Å². The summed E-state index contributed by atoms with van der Waals surface area (Å²) < 4.78 is 27.3. The van der Waals surface area contributed by atoms with Crippen LogP contribution in [0.15, 0.2) is 29.2 Å². The SMILES string of the molecule is COCCC(C)NC(C)c1ccc(S(N)(=O)=O)cc1. The quantitative estimate of drug-likeness (QED) is 0.794. The number of rotatable bonds is 7. The monoisotopic (exact) mass is 286 g/mol. The molecule has 1 aromatic rings. The lowest BCUT2D eigenvalue weighted by molar-refractivity contribution is 0.183. The van der Waals surface area contributed by atoms with E-state index in [1.165, 1.54) is 12.1 Å². The summed E-state index contributed by atoms with van der Waals surface area (Å²) in [5.74, 6) is 0. The molecule has 2 unspecified atom stereocenters. The van der Waals surface area contributed by atoms with Gasteiger partial charge in [0.2, 0.25) is 10.0 Å². The molecule has 3 N–H and O–H groups in total. The Balaban J connectivity index is 2.65. The maximum Gasteiger partial charge on any atom is 0.238 e. The molecule has 1 aromatic carbocycles. The second kappa shape index (κ2) is 7.00. The van der Waals surface area contributed by atoms with Gasteiger partial charge in [0.25, 0.3) is 0 Å². The fourth-order valence-corrected chi connectivity index (χ4v) is 2.36. The fraction of sp³-hybridized carbons (Fsp3) is 0.538. The molecule has 0 aliphatic carbocycles. The van der Waals surface area contributed by atoms with Gasteiger partial charge in [-0.15, -0.1) is 0 Å². The van der Waals surface area contributed by atoms with Gasteiger partial charge in [0.1, 0.15) is 0 Å². The van der Waals surface area contributed by atoms with Gasteiger partial charge in [0, 0.05) is 25.8 Å². The first-order chi connectivity index (χ1) is 8.84. The molecular formula is C13H22N2O3S. The standard InChI is InChI=1S/C13H22N2O3S/c1-10(8-9-18-3)15-11(2)12-4-6-13(7-5-12)19(14,16)17/h4-7,10-11,15H,8-9H2,1-3H3,(H2,14,16,17). The van der Waals surface area contributed by atoms with Crippen LogP contribution in [-0.4, -0.2) is 28.2 Å². The topological polar surface area (TPSA) is 81.4 Å². The van der Waals surface area contributed by atoms with Crippen molar-refractivity contribution in [2.24, 2.45) is 5.14 Å². The molecule has 19 heavy (non-hydrogen) atoms. The molecule has 0 aromatic heterocycles. The first-order valence-electron chi connectivity index (χ1n) is 6.22. The third-order valence-corrected chi connectivity index (χ3v) is 3.93. The minimum absolute atomic E-state index is 0.135. The number of nitrogens with two attached hydrogens (primary N) is 1. The molecule has 0 radical (unpaired) electrons. The average Bonchev–Trinajstić information content (AvgIpc) is 2.35. The molecular weight excluding hydrogens is 264 g/mol. The molecule has 1 rings (SSSR count). The summed E-state index contributed by atoms with van der Waals surface area (Å²) in [5.41, 5.74) is 1.02. The van der Waals surface area contributed by atoms with E-state index in [1.807, 2.05) is 6.92 Å². The van der Waals surface area contributed by atoms with Gasteiger partial charge in [-0.3, -0.25) is 0 Å². The fourth-order valence-electron chi connectivity index (χ4n) is 1.85. The number of nitrogens with one attached hydrogen (secondary N) is 1. The van der Waals surface area contributed by atoms with Crippen molar-refractivity contribution in [3.63, 3.8) is 0 Å². The maximum absolute atomic E-state index is 11.2. The summed E-state index contributed by atoms with van der Waals surface area (Å²) in [4.78, 5) is 0.135. The molecule has 0 aliphatic heterocycles. The lowest BCUT2D eigenvalue weighted by atomic mass is 10.1. The van der Waals surface area contributed by atoms with Crippen LogP contribution in [0, 0.1) is 0 Å². The Kier molecular flexibility index (Phi) is 5.93. The average molecular weight is 286 g/mol. The Morgan fingerprint density at radius 2 is 1.84 bits per heavy atom. The van der Waals surface area contributed by atoms with E-state index < -0.39 is 10.0 Å². The highest BCUT2D eigenvalue weighted by Gasteiger charge is 2.11. The van der Waals surface area contributed by atoms with Gasteiger partial charge in [-0.2, -0.15) is 0 Å². The second-order valence-electron chi connectivity index (χ2n) is 4.68. The third kappa shape index (κ3) is 5.28. The minimum Gasteiger partial charge on any atom is -0.385 e. The molecule has 108 valence electrons. The Morgan fingerprint density at radius 1 is 1.26 bits per heavy atom. The van der Waals surface area contributed by atoms with Gasteiger partial charge in [-0.05, 0) is 38.0 Å². The molecule has 0 amide bonds. The number of hydrogen-bond donors (Lipinski definition) is 2. The van der Waals surface area contributed by atoms with Crippen LogP contribution in [0.1, 0.15) is 31.9 Å². The van der Waals surface area contributed by atoms with Crippen molar-refractivity contribution in [2.75, 3.05) is 13.7 Å². The smallest absolute Gasteiger partial charge is 0.238 e. The summed E-state index contributed by atoms with van der Waals surface area (Å²) in [7, 11) is -1.93. The van der Waals surface area contributed by atoms with E-state index >= 15 is 0 Å². The van der Waals surface area contributed by atoms with Gasteiger partial charge >= 0.3 is 0 Å². The van der Waals surface area contributed by atoms with Crippen LogP contribution in [-0.2, 0) is 14.8 Å². The van der Waals surface area contributed by atoms with Gasteiger partial charge in [-0.1, -0.05) is 12.1 Å². The van der Waals surface area contributed by atoms with Crippen molar-refractivity contribution in [3.05, 3.63) is 29.8 Å². The first-order valence-corrected chi connectivity index (χ1v) is 7.77. The van der Waals surface area contributed by atoms with Crippen molar-refractivity contribution < 1.29 is 13.2 Å². The van der Waals surface area contributed by atoms with Crippen LogP contribution >= 0.6 is 0 Å². The summed E-state index contributed by atoms with van der Waals surface area (Å²) in [6.07, 6.45) is 0.927. The Bertz CT molecular complexity index is 485. The first kappa shape index (κ1) is 16.1. The van der Waals surface area contributed by atoms with Gasteiger partial charge in [0.15, 0.2) is 0 Å². The van der Waals surface area contributed by atoms with Crippen LogP contribution in [0.4, 0.5) is 0 Å². The zero-order valence-electron chi connectivity index (χ0n) is 11.6. The molecule has 5 nitrogen and oxygen atoms in total. The molecule has 0 saturated carbocycles. The Morgan fingerprint density at radius 3 is 2.32 bits per heavy atom. The van der Waals surface area contributed by atoms with E-state index in [-0.39, 0.29) is 10.9 Å². The number of hydrogen-bond acceptors (Lipinski definition) is 4. The molecule has 6 heteroatoms. The van der Waals surface area contributed by atoms with Crippen LogP contribution in [0.2, 0.25) is 0 Å². The predicted molar refractivity (Wildman–Crippen MR) is 75.3 cm³/mol. The largest absolute Gasteiger partial charge is 0.385 e. The number of sulfonamides is 1. The van der Waals surface area contributed by atoms with E-state index in [4.69, 9.17) is 9.88 Å². The highest BCUT2D eigenvalue weighted by atomic mass is 32.2. The molecule has 0 spiro atoms. The van der Waals surface area contributed by atoms with Crippen molar-refractivity contribution in [1.82, 2.24) is 5.32 Å². The molecule has 2 atom stereocenters. The molecule has 0 fully saturated rings. The highest BCUT2D eigenvalue weighted by Crippen LogP contribution is 2.16. The van der Waals surface area contributed by atoms with Crippen molar-refractivity contribution >= 4 is 10.0 Å². The summed E-state index contributed by atoms with van der Waals surface area (Å²) in [6, 6.07) is 7.08. The van der Waals surface area contributed by atoms with E-state index in [2.05, 4.69) is 12.2 Å². The third-order valence-electron chi connectivity index (χ3n) is 3.00. The normalized spacial score (nSPS) is 15.2. The minimum atomic E-state index is -3.62. The van der Waals surface area contributed by atoms with Crippen molar-refractivity contribution in [1.29, 1.82) is 0 Å². The summed E-state index contributed by atoms with van der Waals surface area (Å²) >= 11 is 0. The van der Waals surface area contributed by atoms with Crippen LogP contribution < -0.4 is 10.5 Å². The van der Waals surface area contributed by atoms with E-state index in [0.29, 0.717) is 12.6 Å². The number of ether oxygens (including phenoxy) is 1. The molecule has 0 heterocycles. The second-order valence-corrected chi connectivity index (χ2v) is 6.25. The van der Waals surface area contributed by atoms with Crippen molar-refractivity contribution in [2.45, 2.75) is 37.2 Å². The van der Waals surface area contributed by atoms with E-state index in [0.717, 1.165) is 12.0 Å². The summed E-state index contributed by atoms with van der Waals surface area (Å²) in [6.45, 7) is 4.84. The van der Waals surface area contributed by atoms with Gasteiger partial charge in [0.05, 0.1) is 4.90 Å². The van der Waals surface area contributed by atoms with Crippen LogP contribution in [0.25, 0.3) is 0 Å². The Labute approximate surface area is 115 Å². The number of benzene rings is 1. The zero-order valence-corrected chi connectivity index (χ0v) is 12.4. The lowest BCUT2D eigenvalue weighted by Gasteiger charge is -2.20. The number of methoxy groups -OCH3 is 1. The predicted octanol–water partition coefficient (Wildman–Crippen LogP) is 1.41. The van der Waals surface area contributed by atoms with Crippen LogP contribution in [0.3, 0.4) is 0 Å². The Hall–Kier alpha value is -0.950. The molecule has 0 bridgehead atoms. The van der Waals surface area contributed by atoms with Gasteiger partial charge < -0.3 is 10.1 Å². The van der Waals surface area contributed by atoms with Crippen LogP contribution in [0.5, 0.6) is 0 Å². The molecule has 0 aliphatic rings. The number of primary sulfonamides is 1.